The SMILES string of the molecule is CC(C(=O)NC1CCCCCC1)N1c2cccc3cccc(c23)S1(=O)=O. The second kappa shape index (κ2) is 6.58. The Labute approximate surface area is 154 Å². The van der Waals surface area contributed by atoms with Crippen molar-refractivity contribution in [3.63, 3.8) is 0 Å². The van der Waals surface area contributed by atoms with Gasteiger partial charge in [-0.2, -0.15) is 0 Å². The van der Waals surface area contributed by atoms with Crippen LogP contribution in [0.15, 0.2) is 41.3 Å². The number of rotatable bonds is 3. The fraction of sp³-hybridized carbons (Fsp3) is 0.450. The van der Waals surface area contributed by atoms with Gasteiger partial charge in [-0.1, -0.05) is 49.9 Å². The van der Waals surface area contributed by atoms with Crippen LogP contribution in [0, 0.1) is 0 Å². The number of amides is 1. The highest BCUT2D eigenvalue weighted by Crippen LogP contribution is 2.43. The predicted octanol–water partition coefficient (Wildman–Crippen LogP) is 3.58. The fourth-order valence-corrected chi connectivity index (χ4v) is 6.06. The Morgan fingerprint density at radius 2 is 1.73 bits per heavy atom. The van der Waals surface area contributed by atoms with E-state index >= 15 is 0 Å². The van der Waals surface area contributed by atoms with E-state index in [1.807, 2.05) is 18.2 Å². The number of benzene rings is 2. The first-order valence-corrected chi connectivity index (χ1v) is 10.8. The summed E-state index contributed by atoms with van der Waals surface area (Å²) >= 11 is 0. The van der Waals surface area contributed by atoms with Crippen molar-refractivity contribution >= 4 is 32.4 Å². The summed E-state index contributed by atoms with van der Waals surface area (Å²) in [5.74, 6) is -0.217. The molecule has 1 unspecified atom stereocenters. The number of nitrogens with zero attached hydrogens (tertiary/aromatic N) is 1. The van der Waals surface area contributed by atoms with E-state index in [9.17, 15) is 13.2 Å². The Morgan fingerprint density at radius 1 is 1.08 bits per heavy atom. The highest BCUT2D eigenvalue weighted by molar-refractivity contribution is 7.93. The van der Waals surface area contributed by atoms with Gasteiger partial charge in [0, 0.05) is 11.4 Å². The Bertz CT molecular complexity index is 941. The summed E-state index contributed by atoms with van der Waals surface area (Å²) in [6.07, 6.45) is 6.60. The molecule has 1 amide bonds. The second-order valence-electron chi connectivity index (χ2n) is 7.31. The maximum Gasteiger partial charge on any atom is 0.265 e. The molecule has 1 aliphatic carbocycles. The molecule has 2 aromatic carbocycles. The van der Waals surface area contributed by atoms with Crippen molar-refractivity contribution in [1.82, 2.24) is 5.32 Å². The van der Waals surface area contributed by atoms with Crippen molar-refractivity contribution in [3.8, 4) is 0 Å². The monoisotopic (exact) mass is 372 g/mol. The van der Waals surface area contributed by atoms with Crippen molar-refractivity contribution in [1.29, 1.82) is 0 Å². The summed E-state index contributed by atoms with van der Waals surface area (Å²) in [7, 11) is -3.72. The van der Waals surface area contributed by atoms with Crippen LogP contribution in [0.5, 0.6) is 0 Å². The first-order chi connectivity index (χ1) is 12.5. The van der Waals surface area contributed by atoms with Crippen LogP contribution in [0.4, 0.5) is 5.69 Å². The first-order valence-electron chi connectivity index (χ1n) is 9.37. The van der Waals surface area contributed by atoms with E-state index in [2.05, 4.69) is 5.32 Å². The van der Waals surface area contributed by atoms with Crippen LogP contribution in [-0.4, -0.2) is 26.4 Å². The van der Waals surface area contributed by atoms with Crippen LogP contribution in [0.2, 0.25) is 0 Å². The zero-order valence-corrected chi connectivity index (χ0v) is 15.8. The number of carbonyl (C=O) groups is 1. The van der Waals surface area contributed by atoms with E-state index < -0.39 is 16.1 Å². The number of nitrogens with one attached hydrogen (secondary N) is 1. The molecule has 1 saturated carbocycles. The summed E-state index contributed by atoms with van der Waals surface area (Å²) in [5.41, 5.74) is 0.599. The van der Waals surface area contributed by atoms with Gasteiger partial charge < -0.3 is 5.32 Å². The third-order valence-electron chi connectivity index (χ3n) is 5.55. The molecule has 138 valence electrons. The molecule has 1 aliphatic heterocycles. The predicted molar refractivity (Wildman–Crippen MR) is 103 cm³/mol. The molecule has 4 rings (SSSR count). The van der Waals surface area contributed by atoms with Crippen LogP contribution in [0.1, 0.15) is 45.4 Å². The molecule has 1 atom stereocenters. The standard InChI is InChI=1S/C20H24N2O3S/c1-14(20(23)21-16-10-4-2-3-5-11-16)22-17-12-6-8-15-9-7-13-18(19(15)17)26(22,24)25/h6-9,12-14,16H,2-5,10-11H2,1H3,(H,21,23). The largest absolute Gasteiger partial charge is 0.352 e. The molecule has 0 bridgehead atoms. The number of anilines is 1. The Hall–Kier alpha value is -2.08. The molecule has 26 heavy (non-hydrogen) atoms. The average Bonchev–Trinajstić information content (AvgIpc) is 2.79. The quantitative estimate of drug-likeness (QED) is 0.838. The normalized spacial score (nSPS) is 20.7. The zero-order valence-electron chi connectivity index (χ0n) is 14.9. The molecule has 0 saturated heterocycles. The van der Waals surface area contributed by atoms with Crippen molar-refractivity contribution in [2.45, 2.75) is 62.4 Å². The van der Waals surface area contributed by atoms with Crippen molar-refractivity contribution in [2.75, 3.05) is 4.31 Å². The third-order valence-corrected chi connectivity index (χ3v) is 7.48. The van der Waals surface area contributed by atoms with Crippen LogP contribution in [0.25, 0.3) is 10.8 Å². The molecular weight excluding hydrogens is 348 g/mol. The summed E-state index contributed by atoms with van der Waals surface area (Å²) in [4.78, 5) is 13.1. The van der Waals surface area contributed by atoms with E-state index in [4.69, 9.17) is 0 Å². The smallest absolute Gasteiger partial charge is 0.265 e. The summed E-state index contributed by atoms with van der Waals surface area (Å²) in [6.45, 7) is 1.67. The van der Waals surface area contributed by atoms with E-state index in [0.29, 0.717) is 16.0 Å². The van der Waals surface area contributed by atoms with Crippen LogP contribution < -0.4 is 9.62 Å². The molecule has 2 aliphatic rings. The topological polar surface area (TPSA) is 66.5 Å². The summed E-state index contributed by atoms with van der Waals surface area (Å²) in [5, 5.41) is 4.68. The van der Waals surface area contributed by atoms with Gasteiger partial charge in [-0.25, -0.2) is 8.42 Å². The molecule has 1 heterocycles. The molecular formula is C20H24N2O3S. The van der Waals surface area contributed by atoms with Gasteiger partial charge in [0.25, 0.3) is 10.0 Å². The molecule has 0 spiro atoms. The van der Waals surface area contributed by atoms with Gasteiger partial charge in [-0.3, -0.25) is 9.10 Å². The minimum Gasteiger partial charge on any atom is -0.352 e. The van der Waals surface area contributed by atoms with Gasteiger partial charge in [-0.15, -0.1) is 0 Å². The van der Waals surface area contributed by atoms with Gasteiger partial charge in [-0.05, 0) is 37.3 Å². The molecule has 6 heteroatoms. The van der Waals surface area contributed by atoms with Crippen LogP contribution in [-0.2, 0) is 14.8 Å². The third kappa shape index (κ3) is 2.76. The minimum absolute atomic E-state index is 0.149. The number of hydrogen-bond donors (Lipinski definition) is 1. The lowest BCUT2D eigenvalue weighted by molar-refractivity contribution is -0.122. The number of carbonyl (C=O) groups excluding carboxylic acids is 1. The minimum atomic E-state index is -3.72. The van der Waals surface area contributed by atoms with Crippen molar-refractivity contribution in [2.24, 2.45) is 0 Å². The fourth-order valence-electron chi connectivity index (χ4n) is 4.19. The van der Waals surface area contributed by atoms with E-state index in [1.165, 1.54) is 17.1 Å². The van der Waals surface area contributed by atoms with Gasteiger partial charge in [0.15, 0.2) is 0 Å². The van der Waals surface area contributed by atoms with Crippen LogP contribution >= 0.6 is 0 Å². The maximum absolute atomic E-state index is 13.1. The average molecular weight is 372 g/mol. The molecule has 1 fully saturated rings. The van der Waals surface area contributed by atoms with Gasteiger partial charge in [0.1, 0.15) is 6.04 Å². The van der Waals surface area contributed by atoms with E-state index in [1.54, 1.807) is 25.1 Å². The lowest BCUT2D eigenvalue weighted by Gasteiger charge is -2.27. The molecule has 0 radical (unpaired) electrons. The second-order valence-corrected chi connectivity index (χ2v) is 9.09. The molecule has 5 nitrogen and oxygen atoms in total. The first kappa shape index (κ1) is 17.3. The van der Waals surface area contributed by atoms with Gasteiger partial charge in [0.05, 0.1) is 10.6 Å². The molecule has 2 aromatic rings. The van der Waals surface area contributed by atoms with Crippen molar-refractivity contribution < 1.29 is 13.2 Å². The number of hydrogen-bond acceptors (Lipinski definition) is 3. The summed E-state index contributed by atoms with van der Waals surface area (Å²) in [6, 6.07) is 10.2. The molecule has 0 aromatic heterocycles. The Balaban J connectivity index is 1.65. The van der Waals surface area contributed by atoms with Crippen LogP contribution in [0.3, 0.4) is 0 Å². The zero-order chi connectivity index (χ0) is 18.3. The molecule has 1 N–H and O–H groups in total. The summed E-state index contributed by atoms with van der Waals surface area (Å²) < 4.78 is 27.5. The van der Waals surface area contributed by atoms with E-state index in [-0.39, 0.29) is 11.9 Å². The number of sulfonamides is 1. The van der Waals surface area contributed by atoms with E-state index in [0.717, 1.165) is 31.1 Å². The highest BCUT2D eigenvalue weighted by atomic mass is 32.2. The Kier molecular flexibility index (Phi) is 4.39. The van der Waals surface area contributed by atoms with Gasteiger partial charge >= 0.3 is 0 Å². The lowest BCUT2D eigenvalue weighted by Crippen LogP contribution is -2.49. The maximum atomic E-state index is 13.1. The van der Waals surface area contributed by atoms with Gasteiger partial charge in [0.2, 0.25) is 5.91 Å². The van der Waals surface area contributed by atoms with Crippen molar-refractivity contribution in [3.05, 3.63) is 36.4 Å². The Morgan fingerprint density at radius 3 is 2.42 bits per heavy atom. The lowest BCUT2D eigenvalue weighted by atomic mass is 10.1. The highest BCUT2D eigenvalue weighted by Gasteiger charge is 2.41.